The van der Waals surface area contributed by atoms with Crippen molar-refractivity contribution >= 4 is 17.4 Å². The maximum Gasteiger partial charge on any atom is 0.268 e. The monoisotopic (exact) mass is 241 g/mol. The highest BCUT2D eigenvalue weighted by Crippen LogP contribution is 2.01. The molecule has 0 atom stereocenters. The lowest BCUT2D eigenvalue weighted by Crippen LogP contribution is -2.23. The smallest absolute Gasteiger partial charge is 0.268 e. The van der Waals surface area contributed by atoms with E-state index in [2.05, 4.69) is 24.3 Å². The Morgan fingerprint density at radius 1 is 1.50 bits per heavy atom. The molecule has 5 heteroatoms. The van der Waals surface area contributed by atoms with E-state index in [1.165, 1.54) is 4.68 Å². The van der Waals surface area contributed by atoms with Gasteiger partial charge in [-0.3, -0.25) is 4.79 Å². The molecule has 0 unspecified atom stereocenters. The van der Waals surface area contributed by atoms with Crippen LogP contribution in [0.25, 0.3) is 0 Å². The highest BCUT2D eigenvalue weighted by Gasteiger charge is 1.99. The molecule has 1 heterocycles. The number of hydrogen-bond donors (Lipinski definition) is 1. The van der Waals surface area contributed by atoms with Crippen molar-refractivity contribution in [1.82, 2.24) is 9.78 Å². The average Bonchev–Trinajstić information content (AvgIpc) is 2.29. The van der Waals surface area contributed by atoms with Crippen molar-refractivity contribution in [2.75, 3.05) is 23.4 Å². The zero-order chi connectivity index (χ0) is 11.8. The maximum absolute atomic E-state index is 11.6. The molecular formula is C11H19N3OS. The van der Waals surface area contributed by atoms with Gasteiger partial charge in [0.25, 0.3) is 5.56 Å². The Morgan fingerprint density at radius 2 is 2.31 bits per heavy atom. The SMILES string of the molecule is CCCNc1cnn(CCSCC)c(=O)c1. The first-order valence-electron chi connectivity index (χ1n) is 5.66. The first-order valence-corrected chi connectivity index (χ1v) is 6.82. The second kappa shape index (κ2) is 7.33. The minimum Gasteiger partial charge on any atom is -0.384 e. The minimum atomic E-state index is -0.0298. The van der Waals surface area contributed by atoms with Crippen LogP contribution in [0.2, 0.25) is 0 Å². The van der Waals surface area contributed by atoms with Crippen LogP contribution in [0.4, 0.5) is 5.69 Å². The molecule has 0 saturated carbocycles. The van der Waals surface area contributed by atoms with Crippen LogP contribution >= 0.6 is 11.8 Å². The first-order chi connectivity index (χ1) is 7.77. The molecule has 0 spiro atoms. The van der Waals surface area contributed by atoms with Crippen molar-refractivity contribution in [2.24, 2.45) is 0 Å². The Balaban J connectivity index is 2.57. The first kappa shape index (κ1) is 13.1. The van der Waals surface area contributed by atoms with Gasteiger partial charge in [-0.25, -0.2) is 4.68 Å². The van der Waals surface area contributed by atoms with E-state index in [1.54, 1.807) is 12.3 Å². The third-order valence-electron chi connectivity index (χ3n) is 2.10. The standard InChI is InChI=1S/C11H19N3OS/c1-3-5-12-10-8-11(15)14(13-9-10)6-7-16-4-2/h8-9,12H,3-7H2,1-2H3. The van der Waals surface area contributed by atoms with Gasteiger partial charge in [0.05, 0.1) is 18.4 Å². The van der Waals surface area contributed by atoms with E-state index in [-0.39, 0.29) is 5.56 Å². The topological polar surface area (TPSA) is 46.9 Å². The number of aryl methyl sites for hydroxylation is 1. The number of thioether (sulfide) groups is 1. The van der Waals surface area contributed by atoms with Crippen molar-refractivity contribution in [3.63, 3.8) is 0 Å². The summed E-state index contributed by atoms with van der Waals surface area (Å²) in [6, 6.07) is 1.61. The molecule has 0 amide bonds. The third kappa shape index (κ3) is 4.26. The molecule has 90 valence electrons. The number of anilines is 1. The Bertz CT molecular complexity index is 364. The van der Waals surface area contributed by atoms with E-state index in [0.29, 0.717) is 6.54 Å². The highest BCUT2D eigenvalue weighted by atomic mass is 32.2. The van der Waals surface area contributed by atoms with Crippen LogP contribution in [0.5, 0.6) is 0 Å². The molecule has 4 nitrogen and oxygen atoms in total. The van der Waals surface area contributed by atoms with Crippen LogP contribution in [-0.4, -0.2) is 27.8 Å². The zero-order valence-corrected chi connectivity index (χ0v) is 10.7. The Morgan fingerprint density at radius 3 is 2.94 bits per heavy atom. The van der Waals surface area contributed by atoms with Crippen LogP contribution in [0.15, 0.2) is 17.1 Å². The second-order valence-corrected chi connectivity index (χ2v) is 4.82. The van der Waals surface area contributed by atoms with Crippen LogP contribution in [0.3, 0.4) is 0 Å². The average molecular weight is 241 g/mol. The van der Waals surface area contributed by atoms with Crippen molar-refractivity contribution in [2.45, 2.75) is 26.8 Å². The predicted octanol–water partition coefficient (Wildman–Crippen LogP) is 1.82. The van der Waals surface area contributed by atoms with Gasteiger partial charge in [0.15, 0.2) is 0 Å². The van der Waals surface area contributed by atoms with Gasteiger partial charge in [-0.2, -0.15) is 16.9 Å². The van der Waals surface area contributed by atoms with Gasteiger partial charge < -0.3 is 5.32 Å². The van der Waals surface area contributed by atoms with Crippen LogP contribution in [0, 0.1) is 0 Å². The fourth-order valence-electron chi connectivity index (χ4n) is 1.26. The zero-order valence-electron chi connectivity index (χ0n) is 9.90. The predicted molar refractivity (Wildman–Crippen MR) is 70.3 cm³/mol. The normalized spacial score (nSPS) is 10.4. The molecule has 0 radical (unpaired) electrons. The summed E-state index contributed by atoms with van der Waals surface area (Å²) >= 11 is 1.81. The van der Waals surface area contributed by atoms with Crippen molar-refractivity contribution < 1.29 is 0 Å². The summed E-state index contributed by atoms with van der Waals surface area (Å²) in [5, 5.41) is 7.28. The van der Waals surface area contributed by atoms with Crippen molar-refractivity contribution in [3.8, 4) is 0 Å². The lowest BCUT2D eigenvalue weighted by atomic mass is 10.4. The molecule has 0 aromatic carbocycles. The molecule has 1 N–H and O–H groups in total. The summed E-state index contributed by atoms with van der Waals surface area (Å²) in [6.07, 6.45) is 2.75. The summed E-state index contributed by atoms with van der Waals surface area (Å²) in [4.78, 5) is 11.6. The molecular weight excluding hydrogens is 222 g/mol. The number of rotatable bonds is 7. The van der Waals surface area contributed by atoms with Gasteiger partial charge in [0, 0.05) is 18.4 Å². The van der Waals surface area contributed by atoms with Crippen molar-refractivity contribution in [3.05, 3.63) is 22.6 Å². The summed E-state index contributed by atoms with van der Waals surface area (Å²) < 4.78 is 1.51. The molecule has 0 fully saturated rings. The molecule has 0 bridgehead atoms. The quantitative estimate of drug-likeness (QED) is 0.740. The summed E-state index contributed by atoms with van der Waals surface area (Å²) in [5.41, 5.74) is 0.782. The second-order valence-electron chi connectivity index (χ2n) is 3.43. The Labute approximate surface area is 100 Å². The van der Waals surface area contributed by atoms with E-state index in [0.717, 1.165) is 30.2 Å². The van der Waals surface area contributed by atoms with E-state index in [4.69, 9.17) is 0 Å². The summed E-state index contributed by atoms with van der Waals surface area (Å²) in [7, 11) is 0. The van der Waals surface area contributed by atoms with Gasteiger partial charge in [-0.1, -0.05) is 13.8 Å². The molecule has 1 rings (SSSR count). The molecule has 0 aliphatic carbocycles. The molecule has 0 aliphatic heterocycles. The third-order valence-corrected chi connectivity index (χ3v) is 2.98. The number of aromatic nitrogens is 2. The molecule has 16 heavy (non-hydrogen) atoms. The van der Waals surface area contributed by atoms with Gasteiger partial charge in [0.1, 0.15) is 0 Å². The summed E-state index contributed by atoms with van der Waals surface area (Å²) in [6.45, 7) is 5.75. The molecule has 1 aromatic rings. The fraction of sp³-hybridized carbons (Fsp3) is 0.636. The lowest BCUT2D eigenvalue weighted by Gasteiger charge is -2.06. The van der Waals surface area contributed by atoms with Crippen LogP contribution < -0.4 is 10.9 Å². The van der Waals surface area contributed by atoms with Crippen LogP contribution in [0.1, 0.15) is 20.3 Å². The van der Waals surface area contributed by atoms with Gasteiger partial charge >= 0.3 is 0 Å². The summed E-state index contributed by atoms with van der Waals surface area (Å²) in [5.74, 6) is 2.01. The number of hydrogen-bond acceptors (Lipinski definition) is 4. The number of nitrogens with one attached hydrogen (secondary N) is 1. The van der Waals surface area contributed by atoms with E-state index < -0.39 is 0 Å². The van der Waals surface area contributed by atoms with Crippen molar-refractivity contribution in [1.29, 1.82) is 0 Å². The minimum absolute atomic E-state index is 0.0298. The number of nitrogens with zero attached hydrogens (tertiary/aromatic N) is 2. The largest absolute Gasteiger partial charge is 0.384 e. The van der Waals surface area contributed by atoms with E-state index in [1.807, 2.05) is 11.8 Å². The van der Waals surface area contributed by atoms with E-state index in [9.17, 15) is 4.79 Å². The highest BCUT2D eigenvalue weighted by molar-refractivity contribution is 7.99. The lowest BCUT2D eigenvalue weighted by molar-refractivity contribution is 0.622. The maximum atomic E-state index is 11.6. The molecule has 1 aromatic heterocycles. The molecule has 0 saturated heterocycles. The van der Waals surface area contributed by atoms with Crippen LogP contribution in [-0.2, 0) is 6.54 Å². The fourth-order valence-corrected chi connectivity index (χ4v) is 1.85. The Hall–Kier alpha value is -0.970. The van der Waals surface area contributed by atoms with Gasteiger partial charge in [-0.05, 0) is 12.2 Å². The van der Waals surface area contributed by atoms with E-state index >= 15 is 0 Å². The Kier molecular flexibility index (Phi) is 6.00. The van der Waals surface area contributed by atoms with Gasteiger partial charge in [-0.15, -0.1) is 0 Å². The van der Waals surface area contributed by atoms with Gasteiger partial charge in [0.2, 0.25) is 0 Å². The molecule has 0 aliphatic rings.